The molecule has 2 N–H and O–H groups in total. The van der Waals surface area contributed by atoms with Crippen LogP contribution < -0.4 is 10.2 Å². The summed E-state index contributed by atoms with van der Waals surface area (Å²) in [6, 6.07) is 1.78. The third-order valence-corrected chi connectivity index (χ3v) is 5.29. The van der Waals surface area contributed by atoms with Crippen molar-refractivity contribution in [2.24, 2.45) is 11.8 Å². The van der Waals surface area contributed by atoms with Crippen molar-refractivity contribution in [1.82, 2.24) is 15.3 Å². The van der Waals surface area contributed by atoms with Crippen LogP contribution in [0.2, 0.25) is 0 Å². The number of carbonyl (C=O) groups is 1. The van der Waals surface area contributed by atoms with E-state index in [0.29, 0.717) is 11.8 Å². The molecular formula is C15H22N4O2S. The van der Waals surface area contributed by atoms with E-state index in [-0.39, 0.29) is 11.9 Å². The van der Waals surface area contributed by atoms with Crippen molar-refractivity contribution in [3.63, 3.8) is 0 Å². The van der Waals surface area contributed by atoms with Crippen LogP contribution in [0.4, 0.5) is 5.95 Å². The van der Waals surface area contributed by atoms with Gasteiger partial charge >= 0.3 is 0 Å². The first kappa shape index (κ1) is 15.6. The van der Waals surface area contributed by atoms with E-state index >= 15 is 0 Å². The fourth-order valence-corrected chi connectivity index (χ4v) is 3.98. The molecule has 120 valence electrons. The number of hydrogen-bond donors (Lipinski definition) is 2. The Hall–Kier alpha value is -1.34. The number of anilines is 1. The van der Waals surface area contributed by atoms with Gasteiger partial charge in [-0.3, -0.25) is 4.79 Å². The van der Waals surface area contributed by atoms with Gasteiger partial charge in [0.2, 0.25) is 11.9 Å². The number of aromatic nitrogens is 2. The molecule has 7 heteroatoms. The molecule has 1 aliphatic carbocycles. The predicted molar refractivity (Wildman–Crippen MR) is 85.9 cm³/mol. The Bertz CT molecular complexity index is 556. The molecule has 1 amide bonds. The standard InChI is InChI=1S/C15H22N4O2S/c1-9(20)17-12-5-10-7-19(8-11(10)6-13(12)21)15-16-4-3-14(18-15)22-2/h3-4,10-13,21H,5-8H2,1-2H3,(H,17,20)/t10-,11+,12-,13-/m1/s1. The molecule has 1 aromatic rings. The molecule has 6 nitrogen and oxygen atoms in total. The van der Waals surface area contributed by atoms with Gasteiger partial charge in [0.15, 0.2) is 0 Å². The maximum atomic E-state index is 11.3. The van der Waals surface area contributed by atoms with Gasteiger partial charge in [0, 0.05) is 26.2 Å². The lowest BCUT2D eigenvalue weighted by Gasteiger charge is -2.35. The van der Waals surface area contributed by atoms with E-state index < -0.39 is 6.10 Å². The highest BCUT2D eigenvalue weighted by molar-refractivity contribution is 7.98. The number of nitrogens with one attached hydrogen (secondary N) is 1. The zero-order valence-electron chi connectivity index (χ0n) is 12.9. The minimum atomic E-state index is -0.455. The first-order valence-electron chi connectivity index (χ1n) is 7.64. The van der Waals surface area contributed by atoms with E-state index in [9.17, 15) is 9.90 Å². The van der Waals surface area contributed by atoms with Gasteiger partial charge in [-0.05, 0) is 37.0 Å². The molecule has 0 radical (unpaired) electrons. The van der Waals surface area contributed by atoms with Crippen LogP contribution in [-0.2, 0) is 4.79 Å². The summed E-state index contributed by atoms with van der Waals surface area (Å²) < 4.78 is 0. The Balaban J connectivity index is 1.69. The maximum absolute atomic E-state index is 11.3. The minimum Gasteiger partial charge on any atom is -0.391 e. The van der Waals surface area contributed by atoms with E-state index in [1.54, 1.807) is 18.0 Å². The van der Waals surface area contributed by atoms with Crippen molar-refractivity contribution in [3.8, 4) is 0 Å². The molecule has 1 saturated heterocycles. The van der Waals surface area contributed by atoms with Crippen LogP contribution in [-0.4, -0.2) is 52.5 Å². The van der Waals surface area contributed by atoms with E-state index in [1.807, 2.05) is 12.3 Å². The lowest BCUT2D eigenvalue weighted by Crippen LogP contribution is -2.48. The summed E-state index contributed by atoms with van der Waals surface area (Å²) in [5.41, 5.74) is 0. The van der Waals surface area contributed by atoms with Gasteiger partial charge in [0.25, 0.3) is 0 Å². The van der Waals surface area contributed by atoms with Crippen molar-refractivity contribution in [3.05, 3.63) is 12.3 Å². The Morgan fingerprint density at radius 1 is 1.41 bits per heavy atom. The maximum Gasteiger partial charge on any atom is 0.226 e. The summed E-state index contributed by atoms with van der Waals surface area (Å²) in [4.78, 5) is 22.4. The number of aliphatic hydroxyl groups is 1. The molecular weight excluding hydrogens is 300 g/mol. The molecule has 2 fully saturated rings. The number of carbonyl (C=O) groups excluding carboxylic acids is 1. The number of thioether (sulfide) groups is 1. The molecule has 3 rings (SSSR count). The van der Waals surface area contributed by atoms with E-state index in [1.165, 1.54) is 6.92 Å². The monoisotopic (exact) mass is 322 g/mol. The minimum absolute atomic E-state index is 0.0756. The Morgan fingerprint density at radius 3 is 2.82 bits per heavy atom. The summed E-state index contributed by atoms with van der Waals surface area (Å²) in [5, 5.41) is 14.1. The zero-order chi connectivity index (χ0) is 15.7. The second-order valence-electron chi connectivity index (χ2n) is 6.17. The number of hydrogen-bond acceptors (Lipinski definition) is 6. The second-order valence-corrected chi connectivity index (χ2v) is 7.00. The largest absolute Gasteiger partial charge is 0.391 e. The van der Waals surface area contributed by atoms with Crippen LogP contribution >= 0.6 is 11.8 Å². The molecule has 1 aliphatic heterocycles. The number of fused-ring (bicyclic) bond motifs is 1. The molecule has 2 heterocycles. The summed E-state index contributed by atoms with van der Waals surface area (Å²) in [6.07, 6.45) is 4.90. The summed E-state index contributed by atoms with van der Waals surface area (Å²) in [6.45, 7) is 3.28. The van der Waals surface area contributed by atoms with Crippen molar-refractivity contribution < 1.29 is 9.90 Å². The van der Waals surface area contributed by atoms with Crippen LogP contribution in [0.3, 0.4) is 0 Å². The normalized spacial score (nSPS) is 31.0. The van der Waals surface area contributed by atoms with Gasteiger partial charge in [-0.25, -0.2) is 9.97 Å². The van der Waals surface area contributed by atoms with E-state index in [4.69, 9.17) is 0 Å². The van der Waals surface area contributed by atoms with Crippen LogP contribution in [0, 0.1) is 11.8 Å². The van der Waals surface area contributed by atoms with Crippen molar-refractivity contribution in [1.29, 1.82) is 0 Å². The molecule has 0 bridgehead atoms. The van der Waals surface area contributed by atoms with Gasteiger partial charge in [0.05, 0.1) is 12.1 Å². The summed E-state index contributed by atoms with van der Waals surface area (Å²) >= 11 is 1.61. The molecule has 1 saturated carbocycles. The topological polar surface area (TPSA) is 78.4 Å². The summed E-state index contributed by atoms with van der Waals surface area (Å²) in [7, 11) is 0. The fraction of sp³-hybridized carbons (Fsp3) is 0.667. The van der Waals surface area contributed by atoms with Crippen molar-refractivity contribution in [2.75, 3.05) is 24.2 Å². The molecule has 0 aromatic carbocycles. The first-order chi connectivity index (χ1) is 10.6. The van der Waals surface area contributed by atoms with Crippen molar-refractivity contribution in [2.45, 2.75) is 36.9 Å². The van der Waals surface area contributed by atoms with E-state index in [0.717, 1.165) is 36.9 Å². The predicted octanol–water partition coefficient (Wildman–Crippen LogP) is 0.910. The number of amides is 1. The quantitative estimate of drug-likeness (QED) is 0.636. The highest BCUT2D eigenvalue weighted by Gasteiger charge is 2.42. The van der Waals surface area contributed by atoms with Crippen LogP contribution in [0.25, 0.3) is 0 Å². The average Bonchev–Trinajstić information content (AvgIpc) is 2.90. The van der Waals surface area contributed by atoms with E-state index in [2.05, 4.69) is 20.2 Å². The van der Waals surface area contributed by atoms with Crippen LogP contribution in [0.15, 0.2) is 17.3 Å². The second kappa shape index (κ2) is 6.42. The van der Waals surface area contributed by atoms with Crippen molar-refractivity contribution >= 4 is 23.6 Å². The average molecular weight is 322 g/mol. The molecule has 4 atom stereocenters. The Labute approximate surface area is 134 Å². The molecule has 1 aromatic heterocycles. The van der Waals surface area contributed by atoms with Crippen LogP contribution in [0.5, 0.6) is 0 Å². The third kappa shape index (κ3) is 3.20. The Morgan fingerprint density at radius 2 is 2.14 bits per heavy atom. The number of nitrogens with zero attached hydrogens (tertiary/aromatic N) is 3. The van der Waals surface area contributed by atoms with Gasteiger partial charge in [-0.1, -0.05) is 0 Å². The third-order valence-electron chi connectivity index (χ3n) is 4.64. The highest BCUT2D eigenvalue weighted by atomic mass is 32.2. The van der Waals surface area contributed by atoms with Gasteiger partial charge < -0.3 is 15.3 Å². The first-order valence-corrected chi connectivity index (χ1v) is 8.86. The van der Waals surface area contributed by atoms with Gasteiger partial charge in [-0.15, -0.1) is 11.8 Å². The molecule has 22 heavy (non-hydrogen) atoms. The lowest BCUT2D eigenvalue weighted by atomic mass is 9.77. The van der Waals surface area contributed by atoms with Gasteiger partial charge in [-0.2, -0.15) is 0 Å². The highest BCUT2D eigenvalue weighted by Crippen LogP contribution is 2.37. The molecule has 2 aliphatic rings. The smallest absolute Gasteiger partial charge is 0.226 e. The number of aliphatic hydroxyl groups excluding tert-OH is 1. The zero-order valence-corrected chi connectivity index (χ0v) is 13.7. The lowest BCUT2D eigenvalue weighted by molar-refractivity contribution is -0.121. The fourth-order valence-electron chi connectivity index (χ4n) is 3.61. The number of rotatable bonds is 3. The van der Waals surface area contributed by atoms with Gasteiger partial charge in [0.1, 0.15) is 5.03 Å². The molecule has 0 spiro atoms. The van der Waals surface area contributed by atoms with Crippen LogP contribution in [0.1, 0.15) is 19.8 Å². The SMILES string of the molecule is CSc1ccnc(N2C[C@H]3C[C@@H](NC(C)=O)[C@H](O)C[C@H]3C2)n1. The molecule has 0 unspecified atom stereocenters. The summed E-state index contributed by atoms with van der Waals surface area (Å²) in [5.74, 6) is 1.61. The Kier molecular flexibility index (Phi) is 4.54.